The van der Waals surface area contributed by atoms with Crippen molar-refractivity contribution >= 4 is 108 Å². The monoisotopic (exact) mass is 1710 g/mol. The van der Waals surface area contributed by atoms with Gasteiger partial charge in [-0.05, 0) is 291 Å². The Kier molecular flexibility index (Phi) is 33.6. The van der Waals surface area contributed by atoms with E-state index >= 15 is 0 Å². The normalized spacial score (nSPS) is 10.6. The summed E-state index contributed by atoms with van der Waals surface area (Å²) in [5, 5.41) is 9.01. The van der Waals surface area contributed by atoms with E-state index in [1.165, 1.54) is 79.0 Å². The highest BCUT2D eigenvalue weighted by Crippen LogP contribution is 2.41. The van der Waals surface area contributed by atoms with Gasteiger partial charge in [0.05, 0.1) is 13.7 Å². The van der Waals surface area contributed by atoms with Gasteiger partial charge in [0.15, 0.2) is 0 Å². The lowest BCUT2D eigenvalue weighted by Gasteiger charge is -2.27. The second-order valence-corrected chi connectivity index (χ2v) is 34.1. The molecule has 0 saturated heterocycles. The van der Waals surface area contributed by atoms with Gasteiger partial charge < -0.3 is 49.0 Å². The summed E-state index contributed by atoms with van der Waals surface area (Å²) in [6.07, 6.45) is 0. The predicted octanol–water partition coefficient (Wildman–Crippen LogP) is 32.4. The summed E-state index contributed by atoms with van der Waals surface area (Å²) < 4.78 is 5.14. The number of methoxy groups -OCH3 is 1. The molecule has 0 spiro atoms. The van der Waals surface area contributed by atoms with Crippen molar-refractivity contribution in [1.29, 1.82) is 0 Å². The van der Waals surface area contributed by atoms with Crippen LogP contribution in [0.3, 0.4) is 0 Å². The zero-order valence-corrected chi connectivity index (χ0v) is 78.0. The van der Waals surface area contributed by atoms with Crippen molar-refractivity contribution < 1.29 is 9.84 Å². The first-order chi connectivity index (χ1) is 63.0. The van der Waals surface area contributed by atoms with Crippen molar-refractivity contribution in [3.05, 3.63) is 494 Å². The van der Waals surface area contributed by atoms with Gasteiger partial charge in [0, 0.05) is 143 Å². The first-order valence-electron chi connectivity index (χ1n) is 44.4. The van der Waals surface area contributed by atoms with Gasteiger partial charge in [-0.2, -0.15) is 0 Å². The minimum Gasteiger partial charge on any atom is -0.497 e. The SMILES string of the molecule is CN(c1ccc(C(C)(C)C)cc1)c1ccc(C(C)(C)C)cc1.CN(c1ccc(N(c2ccccc2)c2ccccc2)cc1)c1ccc(N(c2ccccc2)c2ccccc2)cc1.CN(c1ccccc1)c1ccccc1.COc1ccc(N(C)c2ccc(CO)cc2)cc1.Cc1ccc(N(C)c2ccc(C)cc2)cc1.Cc1ccc(N(c2ccccc2)c2ccccc2)cc1. The van der Waals surface area contributed by atoms with E-state index in [1.54, 1.807) is 7.11 Å². The van der Waals surface area contributed by atoms with E-state index in [1.807, 2.05) is 79.8 Å². The fraction of sp³-hybridized carbons (Fsp3) is 0.150. The predicted molar refractivity (Wildman–Crippen MR) is 559 cm³/mol. The number of benzene rings is 17. The molecule has 0 heterocycles. The fourth-order valence-corrected chi connectivity index (χ4v) is 14.7. The molecule has 1 N–H and O–H groups in total. The van der Waals surface area contributed by atoms with Crippen LogP contribution in [0.2, 0.25) is 0 Å². The Labute approximate surface area is 774 Å². The van der Waals surface area contributed by atoms with Gasteiger partial charge in [0.25, 0.3) is 0 Å². The van der Waals surface area contributed by atoms with Crippen LogP contribution in [0, 0.1) is 20.8 Å². The standard InChI is InChI=1S/C37H31N3.C21H29N.C19H17N.C15H17NO2.C15H17N.C13H13N/c1-38(30-22-26-36(27-23-30)39(32-14-6-2-7-15-32)33-16-8-3-9-17-33)31-24-28-37(29-25-31)40(34-18-10-4-11-19-34)35-20-12-5-13-21-35;1-20(2,3)16-8-12-18(13-9-16)22(7)19-14-10-17(11-15-19)21(4,5)6;1-16-12-14-19(15-13-16)20(17-8-4-2-5-9-17)18-10-6-3-7-11-18;1-16(13-5-3-12(11-17)4-6-13)14-7-9-15(18-2)10-8-14;1-12-4-8-14(9-5-12)16(3)15-10-6-13(2)7-11-15;1-14(12-8-4-2-5-9-12)13-10-6-3-7-11-13/h2-29H,1H3;8-15H,1-7H3;2-15H,1H3;3-10,17H,11H2,1-2H3;4-11H,1-3H3;2-11H,1H3. The molecule has 17 aromatic carbocycles. The van der Waals surface area contributed by atoms with E-state index in [0.29, 0.717) is 0 Å². The molecule has 130 heavy (non-hydrogen) atoms. The molecule has 17 rings (SSSR count). The summed E-state index contributed by atoms with van der Waals surface area (Å²) in [5.74, 6) is 0.850. The van der Waals surface area contributed by atoms with E-state index < -0.39 is 0 Å². The van der Waals surface area contributed by atoms with E-state index in [9.17, 15) is 0 Å². The number of hydrogen-bond donors (Lipinski definition) is 1. The number of aliphatic hydroxyl groups is 1. The quantitative estimate of drug-likeness (QED) is 0.0753. The van der Waals surface area contributed by atoms with Crippen LogP contribution < -0.4 is 43.9 Å². The molecule has 0 fully saturated rings. The van der Waals surface area contributed by atoms with Crippen LogP contribution in [0.25, 0.3) is 0 Å². The number of aliphatic hydroxyl groups excluding tert-OH is 1. The molecule has 656 valence electrons. The molecule has 10 nitrogen and oxygen atoms in total. The molecule has 0 aliphatic heterocycles. The Bertz CT molecular complexity index is 5660. The molecule has 0 aliphatic rings. The molecule has 0 atom stereocenters. The molecular weight excluding hydrogens is 1590 g/mol. The minimum atomic E-state index is 0.0759. The number of aryl methyl sites for hydroxylation is 3. The van der Waals surface area contributed by atoms with Gasteiger partial charge in [-0.15, -0.1) is 0 Å². The Morgan fingerprint density at radius 2 is 0.338 bits per heavy atom. The average molecular weight is 1710 g/mol. The first kappa shape index (κ1) is 94.0. The van der Waals surface area contributed by atoms with Crippen molar-refractivity contribution in [3.63, 3.8) is 0 Å². The summed E-state index contributed by atoms with van der Waals surface area (Å²) >= 11 is 0. The lowest BCUT2D eigenvalue weighted by atomic mass is 9.87. The van der Waals surface area contributed by atoms with Crippen LogP contribution in [0.5, 0.6) is 5.75 Å². The Balaban J connectivity index is 0.000000148. The van der Waals surface area contributed by atoms with Gasteiger partial charge in [-0.3, -0.25) is 0 Å². The maximum Gasteiger partial charge on any atom is 0.119 e. The van der Waals surface area contributed by atoms with Crippen LogP contribution in [0.15, 0.2) is 461 Å². The second-order valence-electron chi connectivity index (χ2n) is 34.1. The summed E-state index contributed by atoms with van der Waals surface area (Å²) in [5.41, 5.74) is 29.9. The zero-order valence-electron chi connectivity index (χ0n) is 78.0. The van der Waals surface area contributed by atoms with E-state index in [0.717, 1.165) is 68.2 Å². The van der Waals surface area contributed by atoms with Gasteiger partial charge in [-0.1, -0.05) is 277 Å². The van der Waals surface area contributed by atoms with Gasteiger partial charge in [-0.25, -0.2) is 0 Å². The highest BCUT2D eigenvalue weighted by atomic mass is 16.5. The average Bonchev–Trinajstić information content (AvgIpc) is 0.806. The van der Waals surface area contributed by atoms with Crippen molar-refractivity contribution in [1.82, 2.24) is 0 Å². The molecule has 0 bridgehead atoms. The van der Waals surface area contributed by atoms with Crippen LogP contribution in [-0.2, 0) is 17.4 Å². The third kappa shape index (κ3) is 26.5. The van der Waals surface area contributed by atoms with Crippen molar-refractivity contribution in [2.45, 2.75) is 79.8 Å². The summed E-state index contributed by atoms with van der Waals surface area (Å²) in [7, 11) is 12.1. The van der Waals surface area contributed by atoms with E-state index in [4.69, 9.17) is 9.84 Å². The number of rotatable bonds is 21. The maximum absolute atomic E-state index is 9.01. The highest BCUT2D eigenvalue weighted by molar-refractivity contribution is 5.82. The van der Waals surface area contributed by atoms with Gasteiger partial charge in [0.2, 0.25) is 0 Å². The zero-order chi connectivity index (χ0) is 91.8. The molecule has 0 aliphatic carbocycles. The van der Waals surface area contributed by atoms with Crippen LogP contribution in [0.4, 0.5) is 108 Å². The van der Waals surface area contributed by atoms with Crippen molar-refractivity contribution in [2.75, 3.05) is 81.5 Å². The number of nitrogens with zero attached hydrogens (tertiary/aromatic N) is 8. The topological polar surface area (TPSA) is 55.4 Å². The lowest BCUT2D eigenvalue weighted by molar-refractivity contribution is 0.282. The van der Waals surface area contributed by atoms with Crippen LogP contribution >= 0.6 is 0 Å². The smallest absolute Gasteiger partial charge is 0.119 e. The minimum absolute atomic E-state index is 0.0759. The molecule has 0 unspecified atom stereocenters. The largest absolute Gasteiger partial charge is 0.497 e. The van der Waals surface area contributed by atoms with E-state index in [2.05, 4.69) is 518 Å². The second kappa shape index (κ2) is 46.4. The molecule has 0 aromatic heterocycles. The Morgan fingerprint density at radius 3 is 0.531 bits per heavy atom. The van der Waals surface area contributed by atoms with Crippen LogP contribution in [0.1, 0.15) is 74.9 Å². The number of anilines is 19. The molecule has 17 aromatic rings. The van der Waals surface area contributed by atoms with E-state index in [-0.39, 0.29) is 17.4 Å². The van der Waals surface area contributed by atoms with Gasteiger partial charge >= 0.3 is 0 Å². The Morgan fingerprint density at radius 1 is 0.192 bits per heavy atom. The third-order valence-corrected chi connectivity index (χ3v) is 22.7. The first-order valence-corrected chi connectivity index (χ1v) is 44.4. The lowest BCUT2D eigenvalue weighted by Crippen LogP contribution is -2.14. The van der Waals surface area contributed by atoms with Gasteiger partial charge in [0.1, 0.15) is 5.75 Å². The molecule has 10 heteroatoms. The number of para-hydroxylation sites is 8. The Hall–Kier alpha value is -15.1. The van der Waals surface area contributed by atoms with Crippen molar-refractivity contribution in [2.24, 2.45) is 0 Å². The summed E-state index contributed by atoms with van der Waals surface area (Å²) in [6, 6.07) is 160. The molecule has 0 saturated carbocycles. The molecule has 0 amide bonds. The van der Waals surface area contributed by atoms with Crippen LogP contribution in [-0.4, -0.2) is 47.5 Å². The maximum atomic E-state index is 9.01. The highest BCUT2D eigenvalue weighted by Gasteiger charge is 2.20. The summed E-state index contributed by atoms with van der Waals surface area (Å²) in [6.45, 7) is 19.9. The molecular formula is C120H124N8O2. The number of hydrogen-bond acceptors (Lipinski definition) is 10. The fourth-order valence-electron chi connectivity index (χ4n) is 14.7. The van der Waals surface area contributed by atoms with Crippen molar-refractivity contribution in [3.8, 4) is 5.75 Å². The molecule has 0 radical (unpaired) electrons. The summed E-state index contributed by atoms with van der Waals surface area (Å²) in [4.78, 5) is 17.7. The third-order valence-electron chi connectivity index (χ3n) is 22.7. The number of ether oxygens (including phenoxy) is 1.